The van der Waals surface area contributed by atoms with Crippen LogP contribution in [-0.4, -0.2) is 78.7 Å². The molecule has 0 radical (unpaired) electrons. The van der Waals surface area contributed by atoms with E-state index in [4.69, 9.17) is 21.6 Å². The maximum absolute atomic E-state index is 14.9. The molecule has 1 unspecified atom stereocenters. The van der Waals surface area contributed by atoms with Crippen LogP contribution in [0.25, 0.3) is 5.70 Å². The van der Waals surface area contributed by atoms with Crippen LogP contribution in [0.2, 0.25) is 5.02 Å². The van der Waals surface area contributed by atoms with Crippen LogP contribution in [-0.2, 0) is 0 Å². The number of carbonyl (C=O) groups excluding carboxylic acids is 1. The first-order valence-corrected chi connectivity index (χ1v) is 15.2. The summed E-state index contributed by atoms with van der Waals surface area (Å²) in [5.41, 5.74) is 6.00. The first-order valence-electron chi connectivity index (χ1n) is 14.9. The van der Waals surface area contributed by atoms with Crippen molar-refractivity contribution in [3.63, 3.8) is 0 Å². The van der Waals surface area contributed by atoms with Crippen LogP contribution in [0.15, 0.2) is 107 Å². The van der Waals surface area contributed by atoms with Crippen LogP contribution < -0.4 is 10.2 Å². The number of rotatable bonds is 5. The highest BCUT2D eigenvalue weighted by atomic mass is 35.5. The largest absolute Gasteiger partial charge is 0.353 e. The summed E-state index contributed by atoms with van der Waals surface area (Å²) in [6, 6.07) is 25.7. The van der Waals surface area contributed by atoms with Crippen LogP contribution in [0.1, 0.15) is 27.0 Å². The molecule has 3 aliphatic rings. The lowest BCUT2D eigenvalue weighted by molar-refractivity contribution is 0.0746. The van der Waals surface area contributed by atoms with Crippen LogP contribution >= 0.6 is 11.6 Å². The summed E-state index contributed by atoms with van der Waals surface area (Å²) in [5, 5.41) is 4.03. The molecule has 1 aromatic heterocycles. The van der Waals surface area contributed by atoms with Gasteiger partial charge in [-0.15, -0.1) is 0 Å². The predicted octanol–water partition coefficient (Wildman–Crippen LogP) is 5.81. The van der Waals surface area contributed by atoms with Gasteiger partial charge in [0.05, 0.1) is 18.0 Å². The molecule has 1 atom stereocenters. The molecular formula is C35H31ClFN7O. The second-order valence-corrected chi connectivity index (χ2v) is 11.6. The maximum Gasteiger partial charge on any atom is 0.253 e. The first-order chi connectivity index (χ1) is 22.0. The van der Waals surface area contributed by atoms with E-state index in [9.17, 15) is 9.18 Å². The monoisotopic (exact) mass is 619 g/mol. The first kappa shape index (κ1) is 28.7. The second-order valence-electron chi connectivity index (χ2n) is 11.2. The molecule has 226 valence electrons. The van der Waals surface area contributed by atoms with Crippen molar-refractivity contribution in [3.8, 4) is 0 Å². The van der Waals surface area contributed by atoms with Crippen molar-refractivity contribution in [2.24, 2.45) is 9.98 Å². The Morgan fingerprint density at radius 3 is 2.44 bits per heavy atom. The zero-order valence-electron chi connectivity index (χ0n) is 24.7. The molecule has 0 saturated carbocycles. The molecule has 3 aromatic carbocycles. The molecule has 45 heavy (non-hydrogen) atoms. The quantitative estimate of drug-likeness (QED) is 0.305. The van der Waals surface area contributed by atoms with Gasteiger partial charge in [-0.25, -0.2) is 14.4 Å². The number of anilines is 2. The molecular weight excluding hydrogens is 589 g/mol. The summed E-state index contributed by atoms with van der Waals surface area (Å²) < 4.78 is 14.9. The average Bonchev–Trinajstić information content (AvgIpc) is 3.23. The topological polar surface area (TPSA) is 76.4 Å². The summed E-state index contributed by atoms with van der Waals surface area (Å²) in [7, 11) is 1.97. The van der Waals surface area contributed by atoms with E-state index < -0.39 is 6.29 Å². The molecule has 7 rings (SSSR count). The zero-order chi connectivity index (χ0) is 30.9. The number of hydrogen-bond acceptors (Lipinski definition) is 7. The highest BCUT2D eigenvalue weighted by molar-refractivity contribution is 6.31. The van der Waals surface area contributed by atoms with Crippen molar-refractivity contribution in [2.75, 3.05) is 50.0 Å². The van der Waals surface area contributed by atoms with Gasteiger partial charge in [0.25, 0.3) is 5.91 Å². The lowest BCUT2D eigenvalue weighted by Gasteiger charge is -2.35. The van der Waals surface area contributed by atoms with Gasteiger partial charge in [0, 0.05) is 84.2 Å². The van der Waals surface area contributed by atoms with Crippen molar-refractivity contribution < 1.29 is 9.18 Å². The number of hydrogen-bond donors (Lipinski definition) is 1. The maximum atomic E-state index is 14.9. The minimum Gasteiger partial charge on any atom is -0.353 e. The van der Waals surface area contributed by atoms with Crippen molar-refractivity contribution >= 4 is 46.6 Å². The van der Waals surface area contributed by atoms with Crippen LogP contribution in [0, 0.1) is 5.82 Å². The summed E-state index contributed by atoms with van der Waals surface area (Å²) in [5.74, 6) is 0.619. The van der Waals surface area contributed by atoms with E-state index in [0.717, 1.165) is 47.0 Å². The van der Waals surface area contributed by atoms with Gasteiger partial charge in [-0.2, -0.15) is 0 Å². The predicted molar refractivity (Wildman–Crippen MR) is 178 cm³/mol. The van der Waals surface area contributed by atoms with Crippen LogP contribution in [0.4, 0.5) is 15.9 Å². The average molecular weight is 620 g/mol. The molecule has 1 N–H and O–H groups in total. The molecule has 1 fully saturated rings. The summed E-state index contributed by atoms with van der Waals surface area (Å²) in [6.45, 7) is 3.12. The van der Waals surface area contributed by atoms with E-state index in [0.29, 0.717) is 41.5 Å². The van der Waals surface area contributed by atoms with E-state index in [2.05, 4.69) is 20.1 Å². The third-order valence-electron chi connectivity index (χ3n) is 8.39. The highest BCUT2D eigenvalue weighted by Gasteiger charge is 2.30. The number of carbonyl (C=O) groups is 1. The minimum atomic E-state index is -0.413. The number of benzene rings is 3. The molecule has 0 bridgehead atoms. The van der Waals surface area contributed by atoms with Crippen LogP contribution in [0.5, 0.6) is 0 Å². The third-order valence-corrected chi connectivity index (χ3v) is 8.63. The Kier molecular flexibility index (Phi) is 7.77. The van der Waals surface area contributed by atoms with Gasteiger partial charge in [-0.1, -0.05) is 35.9 Å². The smallest absolute Gasteiger partial charge is 0.253 e. The number of nitrogens with one attached hydrogen (secondary N) is 1. The fraction of sp³-hybridized carbons (Fsp3) is 0.200. The van der Waals surface area contributed by atoms with Crippen molar-refractivity contribution in [1.29, 1.82) is 0 Å². The molecule has 10 heteroatoms. The van der Waals surface area contributed by atoms with E-state index in [1.54, 1.807) is 24.4 Å². The van der Waals surface area contributed by atoms with Gasteiger partial charge < -0.3 is 20.0 Å². The van der Waals surface area contributed by atoms with E-state index in [1.807, 2.05) is 78.8 Å². The highest BCUT2D eigenvalue weighted by Crippen LogP contribution is 2.35. The number of aromatic nitrogens is 1. The van der Waals surface area contributed by atoms with Gasteiger partial charge in [-0.05, 0) is 60.7 Å². The Bertz CT molecular complexity index is 1830. The molecule has 1 saturated heterocycles. The van der Waals surface area contributed by atoms with Gasteiger partial charge in [0.2, 0.25) is 0 Å². The van der Waals surface area contributed by atoms with Gasteiger partial charge in [-0.3, -0.25) is 9.79 Å². The lowest BCUT2D eigenvalue weighted by atomic mass is 9.94. The van der Waals surface area contributed by atoms with E-state index >= 15 is 0 Å². The number of piperazine rings is 1. The number of aliphatic imine (C=N–C) groups is 2. The lowest BCUT2D eigenvalue weighted by Crippen LogP contribution is -2.49. The molecule has 8 nitrogen and oxygen atoms in total. The van der Waals surface area contributed by atoms with E-state index in [-0.39, 0.29) is 11.7 Å². The summed E-state index contributed by atoms with van der Waals surface area (Å²) in [4.78, 5) is 33.5. The molecule has 3 aliphatic heterocycles. The fourth-order valence-electron chi connectivity index (χ4n) is 6.06. The van der Waals surface area contributed by atoms with Crippen molar-refractivity contribution in [3.05, 3.63) is 130 Å². The number of halogens is 2. The Labute approximate surface area is 266 Å². The zero-order valence-corrected chi connectivity index (χ0v) is 25.5. The van der Waals surface area contributed by atoms with Gasteiger partial charge >= 0.3 is 0 Å². The fourth-order valence-corrected chi connectivity index (χ4v) is 6.23. The van der Waals surface area contributed by atoms with Crippen LogP contribution in [0.3, 0.4) is 0 Å². The number of fused-ring (bicyclic) bond motifs is 2. The third kappa shape index (κ3) is 5.67. The molecule has 4 aromatic rings. The Morgan fingerprint density at radius 1 is 0.911 bits per heavy atom. The standard InChI is InChI=1S/C35H31ClFN7O/c1-42-33-24(21-39-32(28-6-2-3-7-30(28)37)29-20-25(36)11-14-27(29)33)22-40-35(42)41-26-12-9-23(10-13-26)34(45)44-18-16-43(17-19-44)31-8-4-5-15-38-31/h2-15,20,22,35,41H,16-19,21H2,1H3. The Morgan fingerprint density at radius 2 is 1.69 bits per heavy atom. The minimum absolute atomic E-state index is 0.0178. The number of nitrogens with zero attached hydrogens (tertiary/aromatic N) is 6. The molecule has 0 spiro atoms. The number of pyridine rings is 1. The van der Waals surface area contributed by atoms with Crippen molar-refractivity contribution in [2.45, 2.75) is 6.29 Å². The summed E-state index contributed by atoms with van der Waals surface area (Å²) >= 11 is 6.44. The second kappa shape index (κ2) is 12.2. The van der Waals surface area contributed by atoms with Gasteiger partial charge in [0.1, 0.15) is 11.6 Å². The van der Waals surface area contributed by atoms with Gasteiger partial charge in [0.15, 0.2) is 6.29 Å². The Balaban J connectivity index is 1.06. The normalized spacial score (nSPS) is 17.8. The Hall–Kier alpha value is -5.02. The van der Waals surface area contributed by atoms with Crippen molar-refractivity contribution in [1.82, 2.24) is 14.8 Å². The number of amides is 1. The molecule has 0 aliphatic carbocycles. The summed E-state index contributed by atoms with van der Waals surface area (Å²) in [6.07, 6.45) is 3.21. The molecule has 1 amide bonds. The van der Waals surface area contributed by atoms with E-state index in [1.165, 1.54) is 6.07 Å². The SMILES string of the molecule is CN1C2=C(C=NC1Nc1ccc(C(=O)N3CCN(c4ccccn4)CC3)cc1)CN=C(c1ccccc1F)c1cc(Cl)ccc12. The molecule has 4 heterocycles.